The summed E-state index contributed by atoms with van der Waals surface area (Å²) in [4.78, 5) is 12.0. The Hall–Kier alpha value is -1.34. The Bertz CT molecular complexity index is 548. The van der Waals surface area contributed by atoms with Crippen molar-refractivity contribution in [1.29, 1.82) is 0 Å². The van der Waals surface area contributed by atoms with Gasteiger partial charge in [0.2, 0.25) is 0 Å². The smallest absolute Gasteiger partial charge is 0.407 e. The fourth-order valence-electron chi connectivity index (χ4n) is 3.13. The second kappa shape index (κ2) is 8.16. The van der Waals surface area contributed by atoms with E-state index < -0.39 is 18.3 Å². The van der Waals surface area contributed by atoms with Crippen LogP contribution in [0.1, 0.15) is 12.0 Å². The van der Waals surface area contributed by atoms with Gasteiger partial charge < -0.3 is 25.2 Å². The first kappa shape index (κ1) is 17.5. The molecule has 7 heteroatoms. The quantitative estimate of drug-likeness (QED) is 0.743. The Morgan fingerprint density at radius 3 is 2.92 bits per heavy atom. The fourth-order valence-corrected chi connectivity index (χ4v) is 3.26. The highest BCUT2D eigenvalue weighted by Crippen LogP contribution is 2.19. The third kappa shape index (κ3) is 4.60. The van der Waals surface area contributed by atoms with Crippen molar-refractivity contribution in [2.75, 3.05) is 26.3 Å². The van der Waals surface area contributed by atoms with Crippen LogP contribution in [0.25, 0.3) is 0 Å². The van der Waals surface area contributed by atoms with Gasteiger partial charge in [-0.25, -0.2) is 4.79 Å². The lowest BCUT2D eigenvalue weighted by Gasteiger charge is -2.22. The maximum atomic E-state index is 12.0. The number of halogens is 1. The summed E-state index contributed by atoms with van der Waals surface area (Å²) in [6.07, 6.45) is -0.158. The first-order valence-corrected chi connectivity index (χ1v) is 8.68. The van der Waals surface area contributed by atoms with Crippen molar-refractivity contribution < 1.29 is 19.4 Å². The standard InChI is InChI=1S/C17H23ClN2O4/c18-13-3-1-11(2-4-13)7-14-16(15(21)9-19-14)24-17(22)20-8-12-5-6-23-10-12/h1-4,12,14-16,19,21H,5-10H2,(H,20,22)/t12-,14+,15-,16-/m0/s1. The normalized spacial score (nSPS) is 29.6. The van der Waals surface area contributed by atoms with Crippen LogP contribution in [0.2, 0.25) is 5.02 Å². The van der Waals surface area contributed by atoms with Gasteiger partial charge in [0.1, 0.15) is 12.2 Å². The van der Waals surface area contributed by atoms with E-state index in [1.54, 1.807) is 0 Å². The zero-order valence-electron chi connectivity index (χ0n) is 13.4. The van der Waals surface area contributed by atoms with Crippen molar-refractivity contribution in [3.05, 3.63) is 34.9 Å². The van der Waals surface area contributed by atoms with Gasteiger partial charge in [0.05, 0.1) is 12.6 Å². The van der Waals surface area contributed by atoms with Gasteiger partial charge in [-0.15, -0.1) is 0 Å². The molecule has 2 heterocycles. The summed E-state index contributed by atoms with van der Waals surface area (Å²) in [5, 5.41) is 16.8. The average Bonchev–Trinajstić information content (AvgIpc) is 3.20. The van der Waals surface area contributed by atoms with Gasteiger partial charge in [0.15, 0.2) is 0 Å². The topological polar surface area (TPSA) is 79.8 Å². The van der Waals surface area contributed by atoms with Gasteiger partial charge in [-0.3, -0.25) is 0 Å². The molecule has 3 N–H and O–H groups in total. The Balaban J connectivity index is 1.51. The van der Waals surface area contributed by atoms with E-state index in [9.17, 15) is 9.90 Å². The summed E-state index contributed by atoms with van der Waals surface area (Å²) < 4.78 is 10.7. The number of benzene rings is 1. The Labute approximate surface area is 146 Å². The molecule has 0 aliphatic carbocycles. The molecule has 1 aromatic rings. The summed E-state index contributed by atoms with van der Waals surface area (Å²) in [6.45, 7) is 2.37. The van der Waals surface area contributed by atoms with E-state index in [1.165, 1.54) is 0 Å². The number of carbonyl (C=O) groups excluding carboxylic acids is 1. The zero-order valence-corrected chi connectivity index (χ0v) is 14.2. The molecule has 0 unspecified atom stereocenters. The molecular formula is C17H23ClN2O4. The van der Waals surface area contributed by atoms with E-state index in [2.05, 4.69) is 10.6 Å². The van der Waals surface area contributed by atoms with Gasteiger partial charge in [0, 0.05) is 30.6 Å². The number of ether oxygens (including phenoxy) is 2. The average molecular weight is 355 g/mol. The highest BCUT2D eigenvalue weighted by Gasteiger charge is 2.37. The molecule has 0 aromatic heterocycles. The van der Waals surface area contributed by atoms with Crippen LogP contribution < -0.4 is 10.6 Å². The van der Waals surface area contributed by atoms with E-state index in [4.69, 9.17) is 21.1 Å². The van der Waals surface area contributed by atoms with Crippen molar-refractivity contribution >= 4 is 17.7 Å². The largest absolute Gasteiger partial charge is 0.442 e. The number of aliphatic hydroxyl groups excluding tert-OH is 1. The summed E-state index contributed by atoms with van der Waals surface area (Å²) in [6, 6.07) is 7.41. The van der Waals surface area contributed by atoms with Crippen LogP contribution in [-0.2, 0) is 15.9 Å². The van der Waals surface area contributed by atoms with E-state index >= 15 is 0 Å². The molecule has 0 spiro atoms. The molecular weight excluding hydrogens is 332 g/mol. The van der Waals surface area contributed by atoms with E-state index in [1.807, 2.05) is 24.3 Å². The van der Waals surface area contributed by atoms with Crippen LogP contribution in [0.4, 0.5) is 4.79 Å². The molecule has 132 valence electrons. The summed E-state index contributed by atoms with van der Waals surface area (Å²) in [7, 11) is 0. The lowest BCUT2D eigenvalue weighted by molar-refractivity contribution is 0.0185. The molecule has 24 heavy (non-hydrogen) atoms. The second-order valence-corrected chi connectivity index (χ2v) is 6.83. The van der Waals surface area contributed by atoms with Gasteiger partial charge >= 0.3 is 6.09 Å². The van der Waals surface area contributed by atoms with Crippen LogP contribution in [0, 0.1) is 5.92 Å². The van der Waals surface area contributed by atoms with Crippen molar-refractivity contribution in [3.8, 4) is 0 Å². The molecule has 1 aromatic carbocycles. The minimum atomic E-state index is -0.706. The number of carbonyl (C=O) groups is 1. The minimum absolute atomic E-state index is 0.123. The highest BCUT2D eigenvalue weighted by atomic mass is 35.5. The third-order valence-corrected chi connectivity index (χ3v) is 4.79. The van der Waals surface area contributed by atoms with Gasteiger partial charge in [0.25, 0.3) is 0 Å². The number of rotatable bonds is 5. The Morgan fingerprint density at radius 2 is 2.21 bits per heavy atom. The lowest BCUT2D eigenvalue weighted by atomic mass is 10.0. The number of nitrogens with one attached hydrogen (secondary N) is 2. The molecule has 6 nitrogen and oxygen atoms in total. The van der Waals surface area contributed by atoms with Crippen LogP contribution in [0.15, 0.2) is 24.3 Å². The molecule has 1 amide bonds. The zero-order chi connectivity index (χ0) is 16.9. The van der Waals surface area contributed by atoms with Gasteiger partial charge in [-0.2, -0.15) is 0 Å². The van der Waals surface area contributed by atoms with E-state index in [0.29, 0.717) is 37.1 Å². The minimum Gasteiger partial charge on any atom is -0.442 e. The van der Waals surface area contributed by atoms with Crippen LogP contribution in [0.3, 0.4) is 0 Å². The molecule has 4 atom stereocenters. The molecule has 0 bridgehead atoms. The molecule has 2 aliphatic heterocycles. The maximum Gasteiger partial charge on any atom is 0.407 e. The molecule has 2 fully saturated rings. The summed E-state index contributed by atoms with van der Waals surface area (Å²) in [5.41, 5.74) is 1.07. The van der Waals surface area contributed by atoms with Crippen LogP contribution in [-0.4, -0.2) is 55.8 Å². The van der Waals surface area contributed by atoms with Crippen LogP contribution >= 0.6 is 11.6 Å². The molecule has 0 saturated carbocycles. The number of hydrogen-bond acceptors (Lipinski definition) is 5. The number of aliphatic hydroxyl groups is 1. The second-order valence-electron chi connectivity index (χ2n) is 6.39. The monoisotopic (exact) mass is 354 g/mol. The SMILES string of the molecule is O=C(NC[C@@H]1CCOC1)O[C@@H]1[C@@H](O)CN[C@@H]1Cc1ccc(Cl)cc1. The first-order valence-electron chi connectivity index (χ1n) is 8.30. The number of β-amino-alcohol motifs (C(OH)–C–C–N with tert-alkyl or cyclic N) is 1. The summed E-state index contributed by atoms with van der Waals surface area (Å²) in [5.74, 6) is 0.342. The lowest BCUT2D eigenvalue weighted by Crippen LogP contribution is -2.42. The molecule has 0 radical (unpaired) electrons. The number of alkyl carbamates (subject to hydrolysis) is 1. The van der Waals surface area contributed by atoms with E-state index in [0.717, 1.165) is 18.6 Å². The van der Waals surface area contributed by atoms with Crippen molar-refractivity contribution in [1.82, 2.24) is 10.6 Å². The molecule has 3 rings (SSSR count). The van der Waals surface area contributed by atoms with E-state index in [-0.39, 0.29) is 6.04 Å². The first-order chi connectivity index (χ1) is 11.6. The van der Waals surface area contributed by atoms with Crippen molar-refractivity contribution in [3.63, 3.8) is 0 Å². The maximum absolute atomic E-state index is 12.0. The summed E-state index contributed by atoms with van der Waals surface area (Å²) >= 11 is 5.90. The number of amides is 1. The van der Waals surface area contributed by atoms with Crippen LogP contribution in [0.5, 0.6) is 0 Å². The third-order valence-electron chi connectivity index (χ3n) is 4.54. The molecule has 2 saturated heterocycles. The Kier molecular flexibility index (Phi) is 5.94. The Morgan fingerprint density at radius 1 is 1.42 bits per heavy atom. The van der Waals surface area contributed by atoms with Crippen molar-refractivity contribution in [2.24, 2.45) is 5.92 Å². The number of hydrogen-bond donors (Lipinski definition) is 3. The molecule has 2 aliphatic rings. The van der Waals surface area contributed by atoms with Gasteiger partial charge in [-0.1, -0.05) is 23.7 Å². The fraction of sp³-hybridized carbons (Fsp3) is 0.588. The van der Waals surface area contributed by atoms with Gasteiger partial charge in [-0.05, 0) is 30.5 Å². The predicted molar refractivity (Wildman–Crippen MR) is 90.2 cm³/mol. The predicted octanol–water partition coefficient (Wildman–Crippen LogP) is 1.35. The van der Waals surface area contributed by atoms with Crippen molar-refractivity contribution in [2.45, 2.75) is 31.1 Å². The highest BCUT2D eigenvalue weighted by molar-refractivity contribution is 6.30.